The van der Waals surface area contributed by atoms with Gasteiger partial charge in [0.05, 0.1) is 43.3 Å². The molecule has 2 aromatic rings. The first-order valence-electron chi connectivity index (χ1n) is 8.71. The fraction of sp³-hybridized carbons (Fsp3) is 0.529. The van der Waals surface area contributed by atoms with Crippen LogP contribution in [-0.4, -0.2) is 50.1 Å². The maximum Gasteiger partial charge on any atom is 0.228 e. The third-order valence-electron chi connectivity index (χ3n) is 4.77. The molecule has 2 aromatic heterocycles. The Morgan fingerprint density at radius 2 is 2.16 bits per heavy atom. The van der Waals surface area contributed by atoms with Crippen LogP contribution in [0.1, 0.15) is 24.2 Å². The molecule has 8 heteroatoms. The lowest BCUT2D eigenvalue weighted by atomic mass is 10.1. The van der Waals surface area contributed by atoms with E-state index in [4.69, 9.17) is 4.74 Å². The number of hydrogen-bond donors (Lipinski definition) is 1. The second-order valence-corrected chi connectivity index (χ2v) is 6.43. The number of ether oxygens (including phenoxy) is 1. The highest BCUT2D eigenvalue weighted by molar-refractivity contribution is 5.79. The van der Waals surface area contributed by atoms with Gasteiger partial charge < -0.3 is 19.5 Å². The molecular formula is C17H22N6O2. The van der Waals surface area contributed by atoms with Crippen LogP contribution in [-0.2, 0) is 29.2 Å². The first-order chi connectivity index (χ1) is 12.3. The molecule has 1 fully saturated rings. The third-order valence-corrected chi connectivity index (χ3v) is 4.77. The fourth-order valence-corrected chi connectivity index (χ4v) is 3.39. The van der Waals surface area contributed by atoms with Crippen molar-refractivity contribution in [3.63, 3.8) is 0 Å². The van der Waals surface area contributed by atoms with E-state index >= 15 is 0 Å². The van der Waals surface area contributed by atoms with Gasteiger partial charge in [-0.15, -0.1) is 0 Å². The maximum absolute atomic E-state index is 12.8. The Hall–Kier alpha value is -2.48. The molecule has 0 radical (unpaired) electrons. The number of hydrogen-bond acceptors (Lipinski definition) is 6. The summed E-state index contributed by atoms with van der Waals surface area (Å²) in [7, 11) is 0. The van der Waals surface area contributed by atoms with Crippen molar-refractivity contribution in [3.05, 3.63) is 36.2 Å². The standard InChI is InChI=1S/C17H22N6O2/c24-16(13-3-8-25-11-13)22-6-2-7-23-12-21-14(15(23)10-22)9-20-17-18-4-1-5-19-17/h1,4-5,12-13H,2-3,6-11H2,(H,18,19,20). The van der Waals surface area contributed by atoms with Gasteiger partial charge in [-0.25, -0.2) is 15.0 Å². The summed E-state index contributed by atoms with van der Waals surface area (Å²) in [5, 5.41) is 3.20. The zero-order valence-corrected chi connectivity index (χ0v) is 14.1. The number of nitrogens with zero attached hydrogens (tertiary/aromatic N) is 5. The molecule has 0 bridgehead atoms. The van der Waals surface area contributed by atoms with Gasteiger partial charge in [-0.2, -0.15) is 0 Å². The van der Waals surface area contributed by atoms with Crippen LogP contribution in [0, 0.1) is 5.92 Å². The zero-order chi connectivity index (χ0) is 17.1. The summed E-state index contributed by atoms with van der Waals surface area (Å²) in [6.45, 7) is 4.05. The minimum Gasteiger partial charge on any atom is -0.381 e. The van der Waals surface area contributed by atoms with Gasteiger partial charge in [0.15, 0.2) is 0 Å². The smallest absolute Gasteiger partial charge is 0.228 e. The van der Waals surface area contributed by atoms with Crippen molar-refractivity contribution in [1.29, 1.82) is 0 Å². The van der Waals surface area contributed by atoms with Gasteiger partial charge in [0, 0.05) is 32.1 Å². The highest BCUT2D eigenvalue weighted by atomic mass is 16.5. The number of fused-ring (bicyclic) bond motifs is 1. The molecule has 1 N–H and O–H groups in total. The first-order valence-corrected chi connectivity index (χ1v) is 8.71. The largest absolute Gasteiger partial charge is 0.381 e. The zero-order valence-electron chi connectivity index (χ0n) is 14.1. The molecule has 0 aromatic carbocycles. The molecule has 2 aliphatic heterocycles. The lowest BCUT2D eigenvalue weighted by molar-refractivity contribution is -0.136. The Kier molecular flexibility index (Phi) is 4.60. The minimum atomic E-state index is 0.00812. The summed E-state index contributed by atoms with van der Waals surface area (Å²) < 4.78 is 7.53. The van der Waals surface area contributed by atoms with Crippen LogP contribution in [0.15, 0.2) is 24.8 Å². The van der Waals surface area contributed by atoms with Crippen LogP contribution in [0.2, 0.25) is 0 Å². The summed E-state index contributed by atoms with van der Waals surface area (Å²) in [4.78, 5) is 27.6. The molecule has 0 saturated carbocycles. The van der Waals surface area contributed by atoms with Gasteiger partial charge in [0.1, 0.15) is 0 Å². The van der Waals surface area contributed by atoms with E-state index in [2.05, 4.69) is 24.8 Å². The van der Waals surface area contributed by atoms with Gasteiger partial charge in [0.2, 0.25) is 11.9 Å². The van der Waals surface area contributed by atoms with E-state index in [0.717, 1.165) is 37.3 Å². The van der Waals surface area contributed by atoms with Gasteiger partial charge in [-0.1, -0.05) is 0 Å². The van der Waals surface area contributed by atoms with Crippen molar-refractivity contribution in [2.45, 2.75) is 32.5 Å². The van der Waals surface area contributed by atoms with Crippen LogP contribution >= 0.6 is 0 Å². The quantitative estimate of drug-likeness (QED) is 0.894. The predicted molar refractivity (Wildman–Crippen MR) is 90.5 cm³/mol. The fourth-order valence-electron chi connectivity index (χ4n) is 3.39. The average Bonchev–Trinajstić information content (AvgIpc) is 3.26. The highest BCUT2D eigenvalue weighted by Crippen LogP contribution is 2.21. The molecule has 4 heterocycles. The van der Waals surface area contributed by atoms with Crippen molar-refractivity contribution < 1.29 is 9.53 Å². The number of aryl methyl sites for hydroxylation is 1. The monoisotopic (exact) mass is 342 g/mol. The topological polar surface area (TPSA) is 85.2 Å². The van der Waals surface area contributed by atoms with E-state index in [1.807, 2.05) is 11.2 Å². The predicted octanol–water partition coefficient (Wildman–Crippen LogP) is 1.05. The summed E-state index contributed by atoms with van der Waals surface area (Å²) in [5.41, 5.74) is 2.03. The van der Waals surface area contributed by atoms with Crippen LogP contribution in [0.3, 0.4) is 0 Å². The Bertz CT molecular complexity index is 726. The number of carbonyl (C=O) groups is 1. The third kappa shape index (κ3) is 3.48. The second kappa shape index (κ2) is 7.18. The summed E-state index contributed by atoms with van der Waals surface area (Å²) in [6, 6.07) is 1.78. The number of rotatable bonds is 4. The molecule has 0 aliphatic carbocycles. The number of nitrogens with one attached hydrogen (secondary N) is 1. The van der Waals surface area contributed by atoms with Crippen LogP contribution < -0.4 is 5.32 Å². The molecule has 1 amide bonds. The molecule has 132 valence electrons. The van der Waals surface area contributed by atoms with Crippen molar-refractivity contribution in [2.75, 3.05) is 25.1 Å². The van der Waals surface area contributed by atoms with E-state index in [1.54, 1.807) is 18.5 Å². The lowest BCUT2D eigenvalue weighted by Gasteiger charge is -2.23. The Balaban J connectivity index is 1.48. The number of aromatic nitrogens is 4. The van der Waals surface area contributed by atoms with Crippen LogP contribution in [0.5, 0.6) is 0 Å². The van der Waals surface area contributed by atoms with E-state index in [-0.39, 0.29) is 11.8 Å². The van der Waals surface area contributed by atoms with E-state index < -0.39 is 0 Å². The molecule has 8 nitrogen and oxygen atoms in total. The SMILES string of the molecule is O=C(C1CCOC1)N1CCCn2cnc(CNc3ncccn3)c2C1. The molecule has 4 rings (SSSR count). The van der Waals surface area contributed by atoms with Gasteiger partial charge in [-0.05, 0) is 18.9 Å². The van der Waals surface area contributed by atoms with Crippen molar-refractivity contribution in [2.24, 2.45) is 5.92 Å². The van der Waals surface area contributed by atoms with Crippen molar-refractivity contribution in [3.8, 4) is 0 Å². The Labute approximate surface area is 146 Å². The Morgan fingerprint density at radius 3 is 2.96 bits per heavy atom. The molecule has 1 saturated heterocycles. The summed E-state index contributed by atoms with van der Waals surface area (Å²) in [6.07, 6.45) is 7.04. The molecule has 1 atom stereocenters. The van der Waals surface area contributed by atoms with E-state index in [0.29, 0.717) is 32.3 Å². The number of carbonyl (C=O) groups excluding carboxylic acids is 1. The minimum absolute atomic E-state index is 0.00812. The van der Waals surface area contributed by atoms with E-state index in [1.165, 1.54) is 0 Å². The second-order valence-electron chi connectivity index (χ2n) is 6.43. The highest BCUT2D eigenvalue weighted by Gasteiger charge is 2.30. The number of amides is 1. The molecule has 1 unspecified atom stereocenters. The molecule has 2 aliphatic rings. The lowest BCUT2D eigenvalue weighted by Crippen LogP contribution is -2.36. The van der Waals surface area contributed by atoms with Crippen LogP contribution in [0.4, 0.5) is 5.95 Å². The van der Waals surface area contributed by atoms with Crippen molar-refractivity contribution in [1.82, 2.24) is 24.4 Å². The molecule has 0 spiro atoms. The molecular weight excluding hydrogens is 320 g/mol. The van der Waals surface area contributed by atoms with Gasteiger partial charge in [0.25, 0.3) is 0 Å². The van der Waals surface area contributed by atoms with Gasteiger partial charge >= 0.3 is 0 Å². The van der Waals surface area contributed by atoms with Gasteiger partial charge in [-0.3, -0.25) is 4.79 Å². The van der Waals surface area contributed by atoms with E-state index in [9.17, 15) is 4.79 Å². The first kappa shape index (κ1) is 16.0. The Morgan fingerprint density at radius 1 is 1.28 bits per heavy atom. The molecule has 25 heavy (non-hydrogen) atoms. The normalized spacial score (nSPS) is 20.2. The summed E-state index contributed by atoms with van der Waals surface area (Å²) >= 11 is 0. The number of imidazole rings is 1. The number of anilines is 1. The van der Waals surface area contributed by atoms with Crippen molar-refractivity contribution >= 4 is 11.9 Å². The summed E-state index contributed by atoms with van der Waals surface area (Å²) in [5.74, 6) is 0.792. The van der Waals surface area contributed by atoms with Crippen LogP contribution in [0.25, 0.3) is 0 Å². The maximum atomic E-state index is 12.8. The average molecular weight is 342 g/mol.